The predicted molar refractivity (Wildman–Crippen MR) is 48.3 cm³/mol. The molecule has 0 saturated carbocycles. The number of amides is 1. The molecule has 1 aromatic rings. The number of hydrogen-bond donors (Lipinski definition) is 0. The summed E-state index contributed by atoms with van der Waals surface area (Å²) in [5, 5.41) is 1.43. The first-order chi connectivity index (χ1) is 6.38. The highest BCUT2D eigenvalue weighted by Crippen LogP contribution is 2.13. The quantitative estimate of drug-likeness (QED) is 0.683. The van der Waals surface area contributed by atoms with E-state index in [2.05, 4.69) is 4.98 Å². The molecule has 2 rings (SSSR count). The molecule has 0 aliphatic carbocycles. The molecule has 0 bridgehead atoms. The van der Waals surface area contributed by atoms with Crippen LogP contribution in [0.3, 0.4) is 0 Å². The van der Waals surface area contributed by atoms with Crippen LogP contribution in [0.15, 0.2) is 11.7 Å². The molecule has 0 atom stereocenters. The number of aromatic nitrogens is 1. The van der Waals surface area contributed by atoms with Crippen molar-refractivity contribution in [3.63, 3.8) is 0 Å². The number of hydroxylamine groups is 2. The van der Waals surface area contributed by atoms with E-state index >= 15 is 0 Å². The Bertz CT molecular complexity index is 280. The summed E-state index contributed by atoms with van der Waals surface area (Å²) >= 11 is 1.34. The van der Waals surface area contributed by atoms with Crippen molar-refractivity contribution in [3.05, 3.63) is 16.6 Å². The Labute approximate surface area is 80.1 Å². The zero-order valence-corrected chi connectivity index (χ0v) is 7.92. The highest BCUT2D eigenvalue weighted by molar-refractivity contribution is 7.11. The van der Waals surface area contributed by atoms with Crippen molar-refractivity contribution in [2.24, 2.45) is 0 Å². The Balaban J connectivity index is 2.04. The van der Waals surface area contributed by atoms with Crippen LogP contribution in [0.1, 0.15) is 22.5 Å². The third kappa shape index (κ3) is 1.87. The zero-order chi connectivity index (χ0) is 9.10. The van der Waals surface area contributed by atoms with Crippen LogP contribution < -0.4 is 0 Å². The Hall–Kier alpha value is -0.940. The molecule has 13 heavy (non-hydrogen) atoms. The maximum absolute atomic E-state index is 11.6. The molecule has 0 aromatic carbocycles. The van der Waals surface area contributed by atoms with Gasteiger partial charge in [-0.15, -0.1) is 11.3 Å². The van der Waals surface area contributed by atoms with Crippen LogP contribution >= 0.6 is 11.3 Å². The van der Waals surface area contributed by atoms with Gasteiger partial charge in [0.2, 0.25) is 0 Å². The first kappa shape index (κ1) is 8.65. The molecule has 0 radical (unpaired) electrons. The van der Waals surface area contributed by atoms with E-state index in [1.807, 2.05) is 0 Å². The summed E-state index contributed by atoms with van der Waals surface area (Å²) < 4.78 is 0. The molecule has 1 saturated heterocycles. The Morgan fingerprint density at radius 2 is 2.54 bits per heavy atom. The fourth-order valence-electron chi connectivity index (χ4n) is 1.20. The van der Waals surface area contributed by atoms with E-state index in [0.717, 1.165) is 12.8 Å². The minimum absolute atomic E-state index is 0.0674. The molecule has 0 unspecified atom stereocenters. The Morgan fingerprint density at radius 3 is 3.15 bits per heavy atom. The average molecular weight is 198 g/mol. The van der Waals surface area contributed by atoms with Gasteiger partial charge in [0.15, 0.2) is 0 Å². The van der Waals surface area contributed by atoms with Gasteiger partial charge in [-0.25, -0.2) is 5.06 Å². The van der Waals surface area contributed by atoms with Crippen molar-refractivity contribution in [2.45, 2.75) is 12.8 Å². The summed E-state index contributed by atoms with van der Waals surface area (Å²) in [6, 6.07) is 0. The monoisotopic (exact) mass is 198 g/mol. The third-order valence-corrected chi connectivity index (χ3v) is 2.63. The van der Waals surface area contributed by atoms with Crippen LogP contribution in [0.5, 0.6) is 0 Å². The van der Waals surface area contributed by atoms with Crippen LogP contribution in [-0.2, 0) is 4.84 Å². The number of carbonyl (C=O) groups is 1. The molecule has 1 aromatic heterocycles. The highest BCUT2D eigenvalue weighted by Gasteiger charge is 2.20. The lowest BCUT2D eigenvalue weighted by Crippen LogP contribution is -2.35. The lowest BCUT2D eigenvalue weighted by Gasteiger charge is -2.24. The van der Waals surface area contributed by atoms with E-state index < -0.39 is 0 Å². The van der Waals surface area contributed by atoms with Crippen molar-refractivity contribution in [2.75, 3.05) is 13.2 Å². The van der Waals surface area contributed by atoms with Gasteiger partial charge in [0, 0.05) is 6.54 Å². The van der Waals surface area contributed by atoms with E-state index in [9.17, 15) is 4.79 Å². The lowest BCUT2D eigenvalue weighted by molar-refractivity contribution is -0.144. The number of hydrogen-bond acceptors (Lipinski definition) is 4. The second-order valence-electron chi connectivity index (χ2n) is 2.81. The van der Waals surface area contributed by atoms with E-state index in [1.54, 1.807) is 11.7 Å². The number of thiazole rings is 1. The van der Waals surface area contributed by atoms with Crippen LogP contribution in [0.2, 0.25) is 0 Å². The molecule has 5 heteroatoms. The molecular weight excluding hydrogens is 188 g/mol. The molecule has 0 N–H and O–H groups in total. The van der Waals surface area contributed by atoms with Crippen molar-refractivity contribution in [1.29, 1.82) is 0 Å². The fourth-order valence-corrected chi connectivity index (χ4v) is 1.76. The molecule has 70 valence electrons. The minimum Gasteiger partial charge on any atom is -0.271 e. The molecule has 1 aliphatic rings. The fraction of sp³-hybridized carbons (Fsp3) is 0.500. The average Bonchev–Trinajstić information content (AvgIpc) is 2.71. The standard InChI is InChI=1S/C8H10N2O2S/c11-8(7-5-9-6-13-7)10-3-1-2-4-12-10/h5-6H,1-4H2. The Kier molecular flexibility index (Phi) is 2.56. The highest BCUT2D eigenvalue weighted by atomic mass is 32.1. The SMILES string of the molecule is O=C(c1cncs1)N1CCCCO1. The summed E-state index contributed by atoms with van der Waals surface area (Å²) in [5.41, 5.74) is 1.65. The summed E-state index contributed by atoms with van der Waals surface area (Å²) in [6.07, 6.45) is 3.63. The largest absolute Gasteiger partial charge is 0.289 e. The van der Waals surface area contributed by atoms with Gasteiger partial charge in [-0.1, -0.05) is 0 Å². The van der Waals surface area contributed by atoms with Crippen molar-refractivity contribution < 1.29 is 9.63 Å². The van der Waals surface area contributed by atoms with Crippen molar-refractivity contribution in [3.8, 4) is 0 Å². The molecule has 4 nitrogen and oxygen atoms in total. The topological polar surface area (TPSA) is 42.4 Å². The second-order valence-corrected chi connectivity index (χ2v) is 3.70. The van der Waals surface area contributed by atoms with E-state index in [0.29, 0.717) is 18.0 Å². The third-order valence-electron chi connectivity index (χ3n) is 1.87. The van der Waals surface area contributed by atoms with Gasteiger partial charge in [-0.3, -0.25) is 14.6 Å². The van der Waals surface area contributed by atoms with Crippen LogP contribution in [0.25, 0.3) is 0 Å². The second kappa shape index (κ2) is 3.85. The van der Waals surface area contributed by atoms with E-state index in [1.165, 1.54) is 16.4 Å². The maximum atomic E-state index is 11.6. The van der Waals surface area contributed by atoms with Gasteiger partial charge in [-0.2, -0.15) is 0 Å². The molecule has 1 fully saturated rings. The van der Waals surface area contributed by atoms with Gasteiger partial charge < -0.3 is 0 Å². The van der Waals surface area contributed by atoms with Gasteiger partial charge in [0.1, 0.15) is 4.88 Å². The van der Waals surface area contributed by atoms with Gasteiger partial charge in [0.05, 0.1) is 18.3 Å². The molecule has 2 heterocycles. The van der Waals surface area contributed by atoms with Crippen molar-refractivity contribution in [1.82, 2.24) is 10.0 Å². The van der Waals surface area contributed by atoms with Crippen molar-refractivity contribution >= 4 is 17.2 Å². The lowest BCUT2D eigenvalue weighted by atomic mass is 10.3. The zero-order valence-electron chi connectivity index (χ0n) is 7.10. The molecule has 1 aliphatic heterocycles. The number of rotatable bonds is 1. The van der Waals surface area contributed by atoms with Gasteiger partial charge in [-0.05, 0) is 12.8 Å². The van der Waals surface area contributed by atoms with Crippen LogP contribution in [0, 0.1) is 0 Å². The number of nitrogens with zero attached hydrogens (tertiary/aromatic N) is 2. The van der Waals surface area contributed by atoms with E-state index in [-0.39, 0.29) is 5.91 Å². The first-order valence-corrected chi connectivity index (χ1v) is 5.09. The minimum atomic E-state index is -0.0674. The predicted octanol–water partition coefficient (Wildman–Crippen LogP) is 1.31. The van der Waals surface area contributed by atoms with E-state index in [4.69, 9.17) is 4.84 Å². The number of carbonyl (C=O) groups excluding carboxylic acids is 1. The van der Waals surface area contributed by atoms with Crippen LogP contribution in [0.4, 0.5) is 0 Å². The van der Waals surface area contributed by atoms with Gasteiger partial charge >= 0.3 is 0 Å². The molecular formula is C8H10N2O2S. The maximum Gasteiger partial charge on any atom is 0.289 e. The summed E-state index contributed by atoms with van der Waals surface area (Å²) in [5.74, 6) is -0.0674. The normalized spacial score (nSPS) is 17.4. The summed E-state index contributed by atoms with van der Waals surface area (Å²) in [6.45, 7) is 1.33. The first-order valence-electron chi connectivity index (χ1n) is 4.21. The summed E-state index contributed by atoms with van der Waals surface area (Å²) in [4.78, 5) is 21.4. The Morgan fingerprint density at radius 1 is 1.62 bits per heavy atom. The molecule has 0 spiro atoms. The van der Waals surface area contributed by atoms with Gasteiger partial charge in [0.25, 0.3) is 5.91 Å². The summed E-state index contributed by atoms with van der Waals surface area (Å²) in [7, 11) is 0. The van der Waals surface area contributed by atoms with Crippen LogP contribution in [-0.4, -0.2) is 29.1 Å². The smallest absolute Gasteiger partial charge is 0.271 e. The molecule has 1 amide bonds.